The molecule has 0 radical (unpaired) electrons. The molecule has 0 spiro atoms. The lowest BCUT2D eigenvalue weighted by Gasteiger charge is -2.10. The first-order chi connectivity index (χ1) is 9.90. The highest BCUT2D eigenvalue weighted by molar-refractivity contribution is 8.14. The van der Waals surface area contributed by atoms with Gasteiger partial charge in [0.15, 0.2) is 11.5 Å². The van der Waals surface area contributed by atoms with Gasteiger partial charge in [0, 0.05) is 5.56 Å². The second kappa shape index (κ2) is 4.76. The molecule has 0 saturated heterocycles. The summed E-state index contributed by atoms with van der Waals surface area (Å²) in [5.41, 5.74) is 5.43. The van der Waals surface area contributed by atoms with Crippen LogP contribution >= 0.6 is 11.8 Å². The molecular formula is C15H12N2O2S. The molecule has 5 heteroatoms. The summed E-state index contributed by atoms with van der Waals surface area (Å²) in [4.78, 5) is 0. The first-order valence-corrected chi connectivity index (χ1v) is 7.23. The molecule has 2 aromatic carbocycles. The first kappa shape index (κ1) is 11.7. The van der Waals surface area contributed by atoms with Crippen molar-refractivity contribution in [1.29, 1.82) is 0 Å². The normalized spacial score (nSPS) is 19.6. The molecule has 20 heavy (non-hydrogen) atoms. The van der Waals surface area contributed by atoms with Crippen LogP contribution in [0.15, 0.2) is 53.6 Å². The standard InChI is InChI=1S/C15H12N2O2S/c1-2-4-10(5-3-1)14-16-17-15(20-14)11-6-7-12-13(8-11)19-9-18-12/h1-8,15,17H,9H2/t15-/m1/s1. The van der Waals surface area contributed by atoms with Crippen molar-refractivity contribution in [1.82, 2.24) is 5.43 Å². The lowest BCUT2D eigenvalue weighted by molar-refractivity contribution is 0.174. The maximum Gasteiger partial charge on any atom is 0.231 e. The molecule has 2 aliphatic rings. The van der Waals surface area contributed by atoms with Crippen molar-refractivity contribution in [2.24, 2.45) is 5.10 Å². The maximum atomic E-state index is 5.41. The Morgan fingerprint density at radius 1 is 1.05 bits per heavy atom. The number of nitrogens with zero attached hydrogens (tertiary/aromatic N) is 1. The Kier molecular flexibility index (Phi) is 2.77. The quantitative estimate of drug-likeness (QED) is 0.920. The summed E-state index contributed by atoms with van der Waals surface area (Å²) in [6.07, 6.45) is 0. The minimum atomic E-state index is 0.111. The van der Waals surface area contributed by atoms with Gasteiger partial charge in [-0.3, -0.25) is 5.43 Å². The fourth-order valence-corrected chi connectivity index (χ4v) is 3.20. The van der Waals surface area contributed by atoms with E-state index in [4.69, 9.17) is 9.47 Å². The smallest absolute Gasteiger partial charge is 0.231 e. The van der Waals surface area contributed by atoms with Gasteiger partial charge in [0.1, 0.15) is 10.4 Å². The molecule has 0 fully saturated rings. The molecule has 0 saturated carbocycles. The first-order valence-electron chi connectivity index (χ1n) is 6.35. The van der Waals surface area contributed by atoms with Crippen molar-refractivity contribution in [2.75, 3.05) is 6.79 Å². The summed E-state index contributed by atoms with van der Waals surface area (Å²) >= 11 is 1.70. The van der Waals surface area contributed by atoms with Crippen molar-refractivity contribution in [2.45, 2.75) is 5.37 Å². The highest BCUT2D eigenvalue weighted by Crippen LogP contribution is 2.39. The number of hydrogen-bond donors (Lipinski definition) is 1. The molecule has 0 aromatic heterocycles. The molecule has 0 unspecified atom stereocenters. The van der Waals surface area contributed by atoms with Crippen LogP contribution in [-0.4, -0.2) is 11.8 Å². The Morgan fingerprint density at radius 2 is 1.90 bits per heavy atom. The highest BCUT2D eigenvalue weighted by atomic mass is 32.2. The molecule has 4 nitrogen and oxygen atoms in total. The van der Waals surface area contributed by atoms with Gasteiger partial charge in [-0.2, -0.15) is 5.10 Å². The van der Waals surface area contributed by atoms with Crippen LogP contribution < -0.4 is 14.9 Å². The number of hydrazone groups is 1. The van der Waals surface area contributed by atoms with Crippen LogP contribution in [0.3, 0.4) is 0 Å². The molecule has 100 valence electrons. The predicted molar refractivity (Wildman–Crippen MR) is 79.0 cm³/mol. The van der Waals surface area contributed by atoms with Crippen LogP contribution in [0.4, 0.5) is 0 Å². The van der Waals surface area contributed by atoms with Crippen LogP contribution in [0.1, 0.15) is 16.5 Å². The molecule has 1 atom stereocenters. The highest BCUT2D eigenvalue weighted by Gasteiger charge is 2.24. The molecule has 1 N–H and O–H groups in total. The molecule has 2 aromatic rings. The van der Waals surface area contributed by atoms with Gasteiger partial charge in [0.2, 0.25) is 6.79 Å². The van der Waals surface area contributed by atoms with Crippen LogP contribution in [0.25, 0.3) is 0 Å². The van der Waals surface area contributed by atoms with Crippen molar-refractivity contribution < 1.29 is 9.47 Å². The van der Waals surface area contributed by atoms with E-state index in [0.29, 0.717) is 6.79 Å². The number of ether oxygens (including phenoxy) is 2. The van der Waals surface area contributed by atoms with E-state index >= 15 is 0 Å². The van der Waals surface area contributed by atoms with Crippen LogP contribution in [0.5, 0.6) is 11.5 Å². The molecule has 2 heterocycles. The monoisotopic (exact) mass is 284 g/mol. The molecule has 0 bridgehead atoms. The third-order valence-corrected chi connectivity index (χ3v) is 4.40. The summed E-state index contributed by atoms with van der Waals surface area (Å²) in [5.74, 6) is 1.61. The van der Waals surface area contributed by atoms with Gasteiger partial charge < -0.3 is 9.47 Å². The minimum absolute atomic E-state index is 0.111. The zero-order valence-electron chi connectivity index (χ0n) is 10.6. The van der Waals surface area contributed by atoms with E-state index in [1.165, 1.54) is 0 Å². The topological polar surface area (TPSA) is 42.9 Å². The van der Waals surface area contributed by atoms with E-state index in [1.807, 2.05) is 36.4 Å². The SMILES string of the molecule is c1ccc(C2=NN[C@@H](c3ccc4c(c3)OCO4)S2)cc1. The predicted octanol–water partition coefficient (Wildman–Crippen LogP) is 3.11. The Morgan fingerprint density at radius 3 is 2.80 bits per heavy atom. The van der Waals surface area contributed by atoms with Gasteiger partial charge in [0.25, 0.3) is 0 Å². The van der Waals surface area contributed by atoms with E-state index in [9.17, 15) is 0 Å². The number of nitrogens with one attached hydrogen (secondary N) is 1. The Bertz CT molecular complexity index is 673. The minimum Gasteiger partial charge on any atom is -0.454 e. The van der Waals surface area contributed by atoms with Gasteiger partial charge >= 0.3 is 0 Å². The van der Waals surface area contributed by atoms with Gasteiger partial charge in [-0.1, -0.05) is 48.2 Å². The summed E-state index contributed by atoms with van der Waals surface area (Å²) in [7, 11) is 0. The van der Waals surface area contributed by atoms with Crippen LogP contribution in [0, 0.1) is 0 Å². The van der Waals surface area contributed by atoms with E-state index in [-0.39, 0.29) is 5.37 Å². The van der Waals surface area contributed by atoms with E-state index in [1.54, 1.807) is 11.8 Å². The number of fused-ring (bicyclic) bond motifs is 1. The van der Waals surface area contributed by atoms with E-state index in [0.717, 1.165) is 27.7 Å². The summed E-state index contributed by atoms with van der Waals surface area (Å²) in [6, 6.07) is 16.2. The Labute approximate surface area is 120 Å². The summed E-state index contributed by atoms with van der Waals surface area (Å²) in [6.45, 7) is 0.301. The molecule has 2 aliphatic heterocycles. The van der Waals surface area contributed by atoms with Crippen LogP contribution in [0.2, 0.25) is 0 Å². The molecule has 4 rings (SSSR count). The third-order valence-electron chi connectivity index (χ3n) is 3.23. The molecular weight excluding hydrogens is 272 g/mol. The van der Waals surface area contributed by atoms with Crippen molar-refractivity contribution in [3.05, 3.63) is 59.7 Å². The number of rotatable bonds is 2. The maximum absolute atomic E-state index is 5.41. The van der Waals surface area contributed by atoms with E-state index in [2.05, 4.69) is 22.7 Å². The van der Waals surface area contributed by atoms with Crippen molar-refractivity contribution in [3.63, 3.8) is 0 Å². The zero-order chi connectivity index (χ0) is 13.4. The second-order valence-corrected chi connectivity index (χ2v) is 5.62. The fourth-order valence-electron chi connectivity index (χ4n) is 2.21. The van der Waals surface area contributed by atoms with Crippen LogP contribution in [-0.2, 0) is 0 Å². The largest absolute Gasteiger partial charge is 0.454 e. The summed E-state index contributed by atoms with van der Waals surface area (Å²) < 4.78 is 10.7. The lowest BCUT2D eigenvalue weighted by atomic mass is 10.2. The Balaban J connectivity index is 1.55. The van der Waals surface area contributed by atoms with Gasteiger partial charge in [-0.05, 0) is 17.7 Å². The third kappa shape index (κ3) is 2.00. The fraction of sp³-hybridized carbons (Fsp3) is 0.133. The average molecular weight is 284 g/mol. The molecule has 0 aliphatic carbocycles. The number of thioether (sulfide) groups is 1. The zero-order valence-corrected chi connectivity index (χ0v) is 11.4. The van der Waals surface area contributed by atoms with Gasteiger partial charge in [-0.25, -0.2) is 0 Å². The number of benzene rings is 2. The average Bonchev–Trinajstić information content (AvgIpc) is 3.16. The van der Waals surface area contributed by atoms with Crippen molar-refractivity contribution in [3.8, 4) is 11.5 Å². The van der Waals surface area contributed by atoms with Gasteiger partial charge in [0.05, 0.1) is 0 Å². The summed E-state index contributed by atoms with van der Waals surface area (Å²) in [5, 5.41) is 5.53. The Hall–Kier alpha value is -2.14. The van der Waals surface area contributed by atoms with E-state index < -0.39 is 0 Å². The number of hydrogen-bond acceptors (Lipinski definition) is 5. The molecule has 0 amide bonds. The second-order valence-electron chi connectivity index (χ2n) is 4.52. The van der Waals surface area contributed by atoms with Crippen molar-refractivity contribution >= 4 is 16.8 Å². The lowest BCUT2D eigenvalue weighted by Crippen LogP contribution is -2.06. The van der Waals surface area contributed by atoms with Gasteiger partial charge in [-0.15, -0.1) is 0 Å².